The van der Waals surface area contributed by atoms with E-state index in [1.54, 1.807) is 18.0 Å². The monoisotopic (exact) mass is 284 g/mol. The van der Waals surface area contributed by atoms with Gasteiger partial charge in [-0.25, -0.2) is 0 Å². The topological polar surface area (TPSA) is 49.4 Å². The van der Waals surface area contributed by atoms with Crippen molar-refractivity contribution < 1.29 is 9.59 Å². The SMILES string of the molecule is CNC(=O)C1CCCN(C(=O)c2cc(S)cs2)C1. The summed E-state index contributed by atoms with van der Waals surface area (Å²) in [7, 11) is 1.63. The van der Waals surface area contributed by atoms with E-state index >= 15 is 0 Å². The molecule has 0 aromatic carbocycles. The van der Waals surface area contributed by atoms with E-state index in [0.29, 0.717) is 11.4 Å². The molecule has 4 nitrogen and oxygen atoms in total. The highest BCUT2D eigenvalue weighted by atomic mass is 32.1. The van der Waals surface area contributed by atoms with E-state index in [-0.39, 0.29) is 17.7 Å². The Morgan fingerprint density at radius 3 is 2.94 bits per heavy atom. The Morgan fingerprint density at radius 1 is 1.56 bits per heavy atom. The van der Waals surface area contributed by atoms with Gasteiger partial charge in [0.25, 0.3) is 5.91 Å². The summed E-state index contributed by atoms with van der Waals surface area (Å²) in [5.41, 5.74) is 0. The van der Waals surface area contributed by atoms with Crippen molar-refractivity contribution in [2.75, 3.05) is 20.1 Å². The van der Waals surface area contributed by atoms with Gasteiger partial charge in [-0.3, -0.25) is 9.59 Å². The second-order valence-electron chi connectivity index (χ2n) is 4.37. The van der Waals surface area contributed by atoms with Crippen molar-refractivity contribution in [3.63, 3.8) is 0 Å². The Hall–Kier alpha value is -1.01. The number of thiol groups is 1. The van der Waals surface area contributed by atoms with Crippen molar-refractivity contribution in [2.45, 2.75) is 17.7 Å². The van der Waals surface area contributed by atoms with E-state index in [2.05, 4.69) is 17.9 Å². The predicted molar refractivity (Wildman–Crippen MR) is 74.3 cm³/mol. The van der Waals surface area contributed by atoms with Crippen molar-refractivity contribution in [1.29, 1.82) is 0 Å². The lowest BCUT2D eigenvalue weighted by Gasteiger charge is -2.31. The lowest BCUT2D eigenvalue weighted by atomic mass is 9.97. The van der Waals surface area contributed by atoms with E-state index in [4.69, 9.17) is 0 Å². The number of thiophene rings is 1. The van der Waals surface area contributed by atoms with Gasteiger partial charge in [-0.15, -0.1) is 24.0 Å². The summed E-state index contributed by atoms with van der Waals surface area (Å²) in [4.78, 5) is 27.1. The Kier molecular flexibility index (Phi) is 4.29. The second kappa shape index (κ2) is 5.75. The summed E-state index contributed by atoms with van der Waals surface area (Å²) in [6, 6.07) is 1.78. The number of carbonyl (C=O) groups excluding carboxylic acids is 2. The first-order valence-corrected chi connectivity index (χ1v) is 7.23. The number of hydrogen-bond acceptors (Lipinski definition) is 4. The van der Waals surface area contributed by atoms with E-state index in [9.17, 15) is 9.59 Å². The second-order valence-corrected chi connectivity index (χ2v) is 5.80. The molecule has 1 fully saturated rings. The molecular weight excluding hydrogens is 268 g/mol. The van der Waals surface area contributed by atoms with Crippen molar-refractivity contribution >= 4 is 35.8 Å². The molecule has 2 heterocycles. The van der Waals surface area contributed by atoms with Gasteiger partial charge in [0.15, 0.2) is 0 Å². The molecule has 1 N–H and O–H groups in total. The normalized spacial score (nSPS) is 19.7. The number of rotatable bonds is 2. The maximum atomic E-state index is 12.2. The summed E-state index contributed by atoms with van der Waals surface area (Å²) in [6.45, 7) is 1.24. The van der Waals surface area contributed by atoms with Crippen LogP contribution in [-0.4, -0.2) is 36.9 Å². The summed E-state index contributed by atoms with van der Waals surface area (Å²) < 4.78 is 0. The molecule has 0 saturated carbocycles. The first kappa shape index (κ1) is 13.4. The Labute approximate surface area is 116 Å². The number of likely N-dealkylation sites (tertiary alicyclic amines) is 1. The van der Waals surface area contributed by atoms with Gasteiger partial charge in [0.2, 0.25) is 5.91 Å². The lowest BCUT2D eigenvalue weighted by Crippen LogP contribution is -2.44. The standard InChI is InChI=1S/C12H16N2O2S2/c1-13-11(15)8-3-2-4-14(6-8)12(16)10-5-9(17)7-18-10/h5,7-8,17H,2-4,6H2,1H3,(H,13,15). The molecule has 1 saturated heterocycles. The Morgan fingerprint density at radius 2 is 2.33 bits per heavy atom. The fraction of sp³-hybridized carbons (Fsp3) is 0.500. The third-order valence-electron chi connectivity index (χ3n) is 3.12. The van der Waals surface area contributed by atoms with E-state index in [0.717, 1.165) is 24.3 Å². The van der Waals surface area contributed by atoms with Gasteiger partial charge in [-0.2, -0.15) is 0 Å². The maximum absolute atomic E-state index is 12.2. The van der Waals surface area contributed by atoms with Crippen LogP contribution in [0.3, 0.4) is 0 Å². The van der Waals surface area contributed by atoms with Crippen LogP contribution in [-0.2, 0) is 4.79 Å². The zero-order chi connectivity index (χ0) is 13.1. The van der Waals surface area contributed by atoms with Crippen molar-refractivity contribution in [3.8, 4) is 0 Å². The molecule has 1 aliphatic rings. The minimum Gasteiger partial charge on any atom is -0.359 e. The number of nitrogens with zero attached hydrogens (tertiary/aromatic N) is 1. The third kappa shape index (κ3) is 2.87. The van der Waals surface area contributed by atoms with Crippen LogP contribution in [0.15, 0.2) is 16.3 Å². The van der Waals surface area contributed by atoms with Gasteiger partial charge in [-0.05, 0) is 18.9 Å². The first-order chi connectivity index (χ1) is 8.61. The van der Waals surface area contributed by atoms with Crippen LogP contribution in [0.2, 0.25) is 0 Å². The molecule has 98 valence electrons. The fourth-order valence-electron chi connectivity index (χ4n) is 2.17. The predicted octanol–water partition coefficient (Wildman–Crippen LogP) is 1.63. The zero-order valence-electron chi connectivity index (χ0n) is 10.2. The minimum absolute atomic E-state index is 0.00824. The van der Waals surface area contributed by atoms with E-state index in [1.165, 1.54) is 11.3 Å². The van der Waals surface area contributed by atoms with Crippen molar-refractivity contribution in [1.82, 2.24) is 10.2 Å². The molecule has 6 heteroatoms. The van der Waals surface area contributed by atoms with Crippen LogP contribution < -0.4 is 5.32 Å². The van der Waals surface area contributed by atoms with Gasteiger partial charge in [-0.1, -0.05) is 0 Å². The summed E-state index contributed by atoms with van der Waals surface area (Å²) in [5, 5.41) is 4.50. The minimum atomic E-state index is -0.0804. The number of carbonyl (C=O) groups is 2. The van der Waals surface area contributed by atoms with Gasteiger partial charge >= 0.3 is 0 Å². The third-order valence-corrected chi connectivity index (χ3v) is 4.47. The van der Waals surface area contributed by atoms with Crippen LogP contribution in [0.1, 0.15) is 22.5 Å². The van der Waals surface area contributed by atoms with Gasteiger partial charge in [0.1, 0.15) is 0 Å². The molecule has 1 atom stereocenters. The molecule has 1 aromatic heterocycles. The highest BCUT2D eigenvalue weighted by molar-refractivity contribution is 7.80. The summed E-state index contributed by atoms with van der Waals surface area (Å²) in [5.74, 6) is -0.0504. The van der Waals surface area contributed by atoms with Crippen LogP contribution in [0.25, 0.3) is 0 Å². The molecule has 0 bridgehead atoms. The van der Waals surface area contributed by atoms with Crippen molar-refractivity contribution in [3.05, 3.63) is 16.3 Å². The van der Waals surface area contributed by atoms with Crippen LogP contribution in [0, 0.1) is 5.92 Å². The first-order valence-electron chi connectivity index (χ1n) is 5.90. The highest BCUT2D eigenvalue weighted by Gasteiger charge is 2.28. The average molecular weight is 284 g/mol. The Balaban J connectivity index is 2.05. The van der Waals surface area contributed by atoms with Crippen LogP contribution in [0.5, 0.6) is 0 Å². The van der Waals surface area contributed by atoms with E-state index in [1.807, 2.05) is 5.38 Å². The summed E-state index contributed by atoms with van der Waals surface area (Å²) >= 11 is 5.60. The van der Waals surface area contributed by atoms with E-state index < -0.39 is 0 Å². The van der Waals surface area contributed by atoms with Gasteiger partial charge in [0.05, 0.1) is 10.8 Å². The average Bonchev–Trinajstić information content (AvgIpc) is 2.83. The number of hydrogen-bond donors (Lipinski definition) is 2. The zero-order valence-corrected chi connectivity index (χ0v) is 11.9. The number of piperidine rings is 1. The summed E-state index contributed by atoms with van der Waals surface area (Å²) in [6.07, 6.45) is 1.73. The van der Waals surface area contributed by atoms with Crippen LogP contribution in [0.4, 0.5) is 0 Å². The fourth-order valence-corrected chi connectivity index (χ4v) is 3.29. The van der Waals surface area contributed by atoms with Crippen molar-refractivity contribution in [2.24, 2.45) is 5.92 Å². The molecular formula is C12H16N2O2S2. The quantitative estimate of drug-likeness (QED) is 0.811. The molecule has 2 rings (SSSR count). The van der Waals surface area contributed by atoms with Gasteiger partial charge in [0, 0.05) is 30.4 Å². The smallest absolute Gasteiger partial charge is 0.263 e. The van der Waals surface area contributed by atoms with Crippen LogP contribution >= 0.6 is 24.0 Å². The molecule has 0 radical (unpaired) electrons. The largest absolute Gasteiger partial charge is 0.359 e. The Bertz CT molecular complexity index is 459. The highest BCUT2D eigenvalue weighted by Crippen LogP contribution is 2.23. The number of nitrogens with one attached hydrogen (secondary N) is 1. The molecule has 2 amide bonds. The maximum Gasteiger partial charge on any atom is 0.263 e. The molecule has 1 aliphatic heterocycles. The van der Waals surface area contributed by atoms with Gasteiger partial charge < -0.3 is 10.2 Å². The lowest BCUT2D eigenvalue weighted by molar-refractivity contribution is -0.125. The molecule has 18 heavy (non-hydrogen) atoms. The molecule has 1 unspecified atom stereocenters. The number of amides is 2. The molecule has 0 spiro atoms. The molecule has 1 aromatic rings. The molecule has 0 aliphatic carbocycles.